The van der Waals surface area contributed by atoms with Gasteiger partial charge in [0.05, 0.1) is 11.0 Å². The lowest BCUT2D eigenvalue weighted by molar-refractivity contribution is 0.329. The molecule has 2 unspecified atom stereocenters. The molecule has 3 heteroatoms. The SMILES string of the molecule is CC1(C)C2=C(C3=CC=C(N(c4ccc(-c5ccc6c(c5)c5ccccc5n6-c5ccccc5)cc4)c4cccc(-c5cccnc5)c4)CC31)C1CC1=C2. The van der Waals surface area contributed by atoms with E-state index in [1.165, 1.54) is 62.0 Å². The Kier molecular flexibility index (Phi) is 6.55. The molecule has 0 amide bonds. The fourth-order valence-corrected chi connectivity index (χ4v) is 9.58. The van der Waals surface area contributed by atoms with Crippen molar-refractivity contribution in [1.82, 2.24) is 9.55 Å². The van der Waals surface area contributed by atoms with Gasteiger partial charge in [-0.1, -0.05) is 104 Å². The van der Waals surface area contributed by atoms with Crippen molar-refractivity contribution in [3.63, 3.8) is 0 Å². The maximum Gasteiger partial charge on any atom is 0.0541 e. The van der Waals surface area contributed by atoms with Crippen LogP contribution in [0.15, 0.2) is 192 Å². The zero-order valence-corrected chi connectivity index (χ0v) is 30.0. The Labute approximate surface area is 310 Å². The number of nitrogens with zero attached hydrogens (tertiary/aromatic N) is 3. The highest BCUT2D eigenvalue weighted by Crippen LogP contribution is 2.66. The van der Waals surface area contributed by atoms with Crippen LogP contribution in [0.3, 0.4) is 0 Å². The van der Waals surface area contributed by atoms with Crippen LogP contribution >= 0.6 is 0 Å². The zero-order valence-electron chi connectivity index (χ0n) is 30.0. The number of pyridine rings is 1. The minimum absolute atomic E-state index is 0.121. The number of hydrogen-bond acceptors (Lipinski definition) is 2. The number of rotatable bonds is 6. The van der Waals surface area contributed by atoms with Crippen molar-refractivity contribution in [1.29, 1.82) is 0 Å². The molecule has 2 heterocycles. The van der Waals surface area contributed by atoms with E-state index in [9.17, 15) is 0 Å². The van der Waals surface area contributed by atoms with E-state index in [0.717, 1.165) is 17.7 Å². The normalized spacial score (nSPS) is 19.4. The largest absolute Gasteiger partial charge is 0.314 e. The van der Waals surface area contributed by atoms with E-state index in [4.69, 9.17) is 0 Å². The molecule has 1 saturated carbocycles. The Bertz CT molecular complexity index is 2740. The number of allylic oxidation sites excluding steroid dienone is 8. The van der Waals surface area contributed by atoms with Crippen LogP contribution in [0.5, 0.6) is 0 Å². The summed E-state index contributed by atoms with van der Waals surface area (Å²) >= 11 is 0. The van der Waals surface area contributed by atoms with Crippen LogP contribution in [0, 0.1) is 17.3 Å². The average molecular weight is 682 g/mol. The van der Waals surface area contributed by atoms with E-state index >= 15 is 0 Å². The number of para-hydroxylation sites is 2. The molecule has 0 aliphatic heterocycles. The Balaban J connectivity index is 1.00. The van der Waals surface area contributed by atoms with Gasteiger partial charge in [-0.3, -0.25) is 4.98 Å². The topological polar surface area (TPSA) is 21.1 Å². The molecule has 0 saturated heterocycles. The standard InChI is InChI=1S/C50H39N3/c1-50(2)45-30-40(22-23-42(45)49-43-28-36(43)29-46(49)50)52(39-14-8-10-33(26-39)35-11-9-25-51-31-35)38-20-17-32(18-21-38)34-19-24-48-44(27-34)41-15-6-7-16-47(41)53(48)37-12-4-3-5-13-37/h3-27,29,31,43,45H,28,30H2,1-2H3. The van der Waals surface area contributed by atoms with Crippen molar-refractivity contribution in [3.8, 4) is 27.9 Å². The van der Waals surface area contributed by atoms with Crippen molar-refractivity contribution in [3.05, 3.63) is 192 Å². The second-order valence-electron chi connectivity index (χ2n) is 15.7. The molecule has 0 N–H and O–H groups in total. The molecule has 53 heavy (non-hydrogen) atoms. The van der Waals surface area contributed by atoms with Crippen molar-refractivity contribution in [2.24, 2.45) is 17.3 Å². The third-order valence-corrected chi connectivity index (χ3v) is 12.3. The molecule has 5 aromatic carbocycles. The first-order valence-corrected chi connectivity index (χ1v) is 18.9. The highest BCUT2D eigenvalue weighted by atomic mass is 15.1. The summed E-state index contributed by atoms with van der Waals surface area (Å²) in [5.74, 6) is 1.16. The van der Waals surface area contributed by atoms with Gasteiger partial charge >= 0.3 is 0 Å². The predicted octanol–water partition coefficient (Wildman–Crippen LogP) is 12.8. The molecule has 3 nitrogen and oxygen atoms in total. The van der Waals surface area contributed by atoms with Crippen molar-refractivity contribution >= 4 is 33.2 Å². The number of fused-ring (bicyclic) bond motifs is 7. The van der Waals surface area contributed by atoms with Gasteiger partial charge in [-0.2, -0.15) is 0 Å². The number of anilines is 2. The van der Waals surface area contributed by atoms with Gasteiger partial charge in [0.15, 0.2) is 0 Å². The fraction of sp³-hybridized carbons (Fsp3) is 0.140. The lowest BCUT2D eigenvalue weighted by Crippen LogP contribution is -2.28. The van der Waals surface area contributed by atoms with E-state index in [1.807, 2.05) is 18.5 Å². The number of aromatic nitrogens is 2. The summed E-state index contributed by atoms with van der Waals surface area (Å²) < 4.78 is 2.38. The summed E-state index contributed by atoms with van der Waals surface area (Å²) in [5, 5.41) is 2.53. The van der Waals surface area contributed by atoms with Gasteiger partial charge in [-0.15, -0.1) is 0 Å². The number of benzene rings is 5. The first kappa shape index (κ1) is 30.4. The summed E-state index contributed by atoms with van der Waals surface area (Å²) in [5.41, 5.74) is 18.6. The average Bonchev–Trinajstić information content (AvgIpc) is 3.66. The lowest BCUT2D eigenvalue weighted by Gasteiger charge is -2.37. The highest BCUT2D eigenvalue weighted by molar-refractivity contribution is 6.10. The van der Waals surface area contributed by atoms with Crippen LogP contribution in [-0.4, -0.2) is 9.55 Å². The minimum atomic E-state index is 0.121. The Morgan fingerprint density at radius 3 is 2.26 bits per heavy atom. The monoisotopic (exact) mass is 681 g/mol. The Morgan fingerprint density at radius 2 is 1.42 bits per heavy atom. The molecular weight excluding hydrogens is 643 g/mol. The first-order valence-electron chi connectivity index (χ1n) is 18.9. The maximum absolute atomic E-state index is 4.42. The smallest absolute Gasteiger partial charge is 0.0541 e. The van der Waals surface area contributed by atoms with Crippen LogP contribution in [0.2, 0.25) is 0 Å². The summed E-state index contributed by atoms with van der Waals surface area (Å²) in [6, 6.07) is 48.6. The molecule has 7 aromatic rings. The molecule has 0 bridgehead atoms. The molecule has 2 aromatic heterocycles. The molecular formula is C50H39N3. The first-order chi connectivity index (χ1) is 26.0. The molecule has 0 radical (unpaired) electrons. The molecule has 0 spiro atoms. The van der Waals surface area contributed by atoms with Gasteiger partial charge in [0.25, 0.3) is 0 Å². The maximum atomic E-state index is 4.42. The summed E-state index contributed by atoms with van der Waals surface area (Å²) in [6.45, 7) is 4.93. The third kappa shape index (κ3) is 4.70. The molecule has 4 aliphatic rings. The highest BCUT2D eigenvalue weighted by Gasteiger charge is 2.54. The Morgan fingerprint density at radius 1 is 0.642 bits per heavy atom. The molecule has 4 aliphatic carbocycles. The van der Waals surface area contributed by atoms with Gasteiger partial charge in [0.1, 0.15) is 0 Å². The van der Waals surface area contributed by atoms with E-state index < -0.39 is 0 Å². The molecule has 254 valence electrons. The van der Waals surface area contributed by atoms with Crippen LogP contribution in [0.1, 0.15) is 26.7 Å². The van der Waals surface area contributed by atoms with E-state index in [-0.39, 0.29) is 5.41 Å². The second-order valence-corrected chi connectivity index (χ2v) is 15.7. The third-order valence-electron chi connectivity index (χ3n) is 12.3. The second kappa shape index (κ2) is 11.4. The summed E-state index contributed by atoms with van der Waals surface area (Å²) in [6.07, 6.45) is 13.4. The van der Waals surface area contributed by atoms with Crippen LogP contribution in [0.25, 0.3) is 49.7 Å². The van der Waals surface area contributed by atoms with Gasteiger partial charge in [-0.25, -0.2) is 0 Å². The van der Waals surface area contributed by atoms with Crippen LogP contribution in [0.4, 0.5) is 11.4 Å². The molecule has 11 rings (SSSR count). The number of hydrogen-bond donors (Lipinski definition) is 0. The fourth-order valence-electron chi connectivity index (χ4n) is 9.58. The lowest BCUT2D eigenvalue weighted by atomic mass is 9.72. The summed E-state index contributed by atoms with van der Waals surface area (Å²) in [7, 11) is 0. The van der Waals surface area contributed by atoms with E-state index in [2.05, 4.69) is 174 Å². The van der Waals surface area contributed by atoms with Gasteiger partial charge in [-0.05, 0) is 124 Å². The van der Waals surface area contributed by atoms with Crippen LogP contribution < -0.4 is 4.90 Å². The van der Waals surface area contributed by atoms with Crippen LogP contribution in [-0.2, 0) is 0 Å². The van der Waals surface area contributed by atoms with Gasteiger partial charge in [0.2, 0.25) is 0 Å². The summed E-state index contributed by atoms with van der Waals surface area (Å²) in [4.78, 5) is 6.91. The van der Waals surface area contributed by atoms with Crippen molar-refractivity contribution in [2.45, 2.75) is 26.7 Å². The quantitative estimate of drug-likeness (QED) is 0.174. The van der Waals surface area contributed by atoms with E-state index in [0.29, 0.717) is 11.8 Å². The van der Waals surface area contributed by atoms with Gasteiger partial charge in [0, 0.05) is 57.4 Å². The van der Waals surface area contributed by atoms with E-state index in [1.54, 1.807) is 22.3 Å². The minimum Gasteiger partial charge on any atom is -0.314 e. The Hall–Kier alpha value is -6.19. The van der Waals surface area contributed by atoms with Crippen molar-refractivity contribution in [2.75, 3.05) is 4.90 Å². The predicted molar refractivity (Wildman–Crippen MR) is 219 cm³/mol. The van der Waals surface area contributed by atoms with Crippen molar-refractivity contribution < 1.29 is 0 Å². The zero-order chi connectivity index (χ0) is 35.3. The molecule has 2 atom stereocenters. The molecule has 1 fully saturated rings. The van der Waals surface area contributed by atoms with Gasteiger partial charge < -0.3 is 9.47 Å².